The van der Waals surface area contributed by atoms with Crippen LogP contribution in [0.4, 0.5) is 0 Å². The van der Waals surface area contributed by atoms with Crippen molar-refractivity contribution in [3.63, 3.8) is 0 Å². The lowest BCUT2D eigenvalue weighted by atomic mass is 10.2. The number of hydrogen-bond acceptors (Lipinski definition) is 4. The van der Waals surface area contributed by atoms with Crippen molar-refractivity contribution in [1.29, 1.82) is 0 Å². The minimum atomic E-state index is 0.00718. The van der Waals surface area contributed by atoms with Crippen LogP contribution in [0.15, 0.2) is 40.6 Å². The highest BCUT2D eigenvalue weighted by Crippen LogP contribution is 2.11. The van der Waals surface area contributed by atoms with Crippen molar-refractivity contribution in [2.24, 2.45) is 0 Å². The quantitative estimate of drug-likeness (QED) is 0.777. The fourth-order valence-corrected chi connectivity index (χ4v) is 2.55. The highest BCUT2D eigenvalue weighted by molar-refractivity contribution is 7.15. The van der Waals surface area contributed by atoms with Gasteiger partial charge < -0.3 is 9.73 Å². The van der Waals surface area contributed by atoms with Gasteiger partial charge in [-0.3, -0.25) is 9.20 Å². The van der Waals surface area contributed by atoms with Gasteiger partial charge in [-0.05, 0) is 12.1 Å². The van der Waals surface area contributed by atoms with E-state index in [1.807, 2.05) is 34.3 Å². The molecule has 5 nitrogen and oxygen atoms in total. The van der Waals surface area contributed by atoms with E-state index in [0.717, 1.165) is 16.4 Å². The molecule has 0 aliphatic heterocycles. The molecule has 0 aromatic carbocycles. The molecule has 0 aliphatic carbocycles. The second-order valence-corrected chi connectivity index (χ2v) is 5.05. The van der Waals surface area contributed by atoms with E-state index < -0.39 is 0 Å². The second-order valence-electron chi connectivity index (χ2n) is 4.18. The van der Waals surface area contributed by atoms with Gasteiger partial charge in [-0.1, -0.05) is 0 Å². The minimum absolute atomic E-state index is 0.00718. The maximum atomic E-state index is 11.7. The molecule has 0 spiro atoms. The second kappa shape index (κ2) is 5.27. The van der Waals surface area contributed by atoms with Crippen LogP contribution in [0, 0.1) is 0 Å². The van der Waals surface area contributed by atoms with Crippen molar-refractivity contribution in [3.8, 4) is 0 Å². The Kier molecular flexibility index (Phi) is 3.33. The summed E-state index contributed by atoms with van der Waals surface area (Å²) in [6.45, 7) is 0.464. The molecule has 0 saturated carbocycles. The predicted molar refractivity (Wildman–Crippen MR) is 71.9 cm³/mol. The van der Waals surface area contributed by atoms with Crippen LogP contribution in [-0.2, 0) is 17.8 Å². The van der Waals surface area contributed by atoms with Crippen LogP contribution in [0.2, 0.25) is 0 Å². The summed E-state index contributed by atoms with van der Waals surface area (Å²) in [6, 6.07) is 3.70. The molecule has 3 aromatic rings. The van der Waals surface area contributed by atoms with E-state index in [-0.39, 0.29) is 5.91 Å². The zero-order valence-corrected chi connectivity index (χ0v) is 11.0. The normalized spacial score (nSPS) is 10.9. The van der Waals surface area contributed by atoms with Gasteiger partial charge in [0.1, 0.15) is 5.76 Å². The molecule has 19 heavy (non-hydrogen) atoms. The van der Waals surface area contributed by atoms with Crippen molar-refractivity contribution in [3.05, 3.63) is 47.6 Å². The molecule has 0 aliphatic rings. The third-order valence-corrected chi connectivity index (χ3v) is 3.56. The molecule has 6 heteroatoms. The molecular formula is C13H13N3O2S. The Bertz CT molecular complexity index is 641. The number of amides is 1. The Hall–Kier alpha value is -2.08. The van der Waals surface area contributed by atoms with Crippen LogP contribution < -0.4 is 5.32 Å². The summed E-state index contributed by atoms with van der Waals surface area (Å²) < 4.78 is 7.14. The molecule has 3 heterocycles. The maximum Gasteiger partial charge on any atom is 0.220 e. The van der Waals surface area contributed by atoms with Gasteiger partial charge >= 0.3 is 0 Å². The molecular weight excluding hydrogens is 262 g/mol. The number of aromatic nitrogens is 2. The first-order valence-electron chi connectivity index (χ1n) is 6.01. The lowest BCUT2D eigenvalue weighted by Crippen LogP contribution is -2.23. The largest absolute Gasteiger partial charge is 0.469 e. The summed E-state index contributed by atoms with van der Waals surface area (Å²) in [6.07, 6.45) is 6.55. The number of fused-ring (bicyclic) bond motifs is 1. The van der Waals surface area contributed by atoms with E-state index in [0.29, 0.717) is 19.4 Å². The smallest absolute Gasteiger partial charge is 0.220 e. The standard InChI is InChI=1S/C13H13N3O2S/c17-12(4-3-11-2-1-6-18-11)14-8-10-9-16-5-7-19-13(16)15-10/h1-2,5-7,9H,3-4,8H2,(H,14,17). The first-order valence-corrected chi connectivity index (χ1v) is 6.89. The average Bonchev–Trinajstić information content (AvgIpc) is 3.09. The number of nitrogens with zero attached hydrogens (tertiary/aromatic N) is 2. The van der Waals surface area contributed by atoms with E-state index in [4.69, 9.17) is 4.42 Å². The van der Waals surface area contributed by atoms with Crippen molar-refractivity contribution < 1.29 is 9.21 Å². The Morgan fingerprint density at radius 3 is 3.26 bits per heavy atom. The van der Waals surface area contributed by atoms with E-state index in [1.54, 1.807) is 17.6 Å². The Balaban J connectivity index is 1.49. The van der Waals surface area contributed by atoms with E-state index in [2.05, 4.69) is 10.3 Å². The molecule has 0 radical (unpaired) electrons. The van der Waals surface area contributed by atoms with E-state index >= 15 is 0 Å². The number of nitrogens with one attached hydrogen (secondary N) is 1. The highest BCUT2D eigenvalue weighted by Gasteiger charge is 2.06. The molecule has 0 unspecified atom stereocenters. The minimum Gasteiger partial charge on any atom is -0.469 e. The van der Waals surface area contributed by atoms with Gasteiger partial charge in [-0.2, -0.15) is 0 Å². The third kappa shape index (κ3) is 2.85. The lowest BCUT2D eigenvalue weighted by Gasteiger charge is -2.01. The summed E-state index contributed by atoms with van der Waals surface area (Å²) >= 11 is 1.58. The summed E-state index contributed by atoms with van der Waals surface area (Å²) in [7, 11) is 0. The molecule has 1 N–H and O–H groups in total. The summed E-state index contributed by atoms with van der Waals surface area (Å²) in [5, 5.41) is 4.84. The van der Waals surface area contributed by atoms with Crippen LogP contribution in [0.1, 0.15) is 17.9 Å². The maximum absolute atomic E-state index is 11.7. The van der Waals surface area contributed by atoms with Crippen LogP contribution in [0.3, 0.4) is 0 Å². The molecule has 0 fully saturated rings. The number of furan rings is 1. The Labute approximate surface area is 113 Å². The Morgan fingerprint density at radius 1 is 1.53 bits per heavy atom. The number of aryl methyl sites for hydroxylation is 1. The van der Waals surface area contributed by atoms with Crippen LogP contribution in [0.25, 0.3) is 4.96 Å². The van der Waals surface area contributed by atoms with E-state index in [1.165, 1.54) is 0 Å². The van der Waals surface area contributed by atoms with Gasteiger partial charge in [0.15, 0.2) is 4.96 Å². The third-order valence-electron chi connectivity index (χ3n) is 2.79. The van der Waals surface area contributed by atoms with Crippen LogP contribution in [-0.4, -0.2) is 15.3 Å². The summed E-state index contributed by atoms with van der Waals surface area (Å²) in [5.74, 6) is 0.838. The molecule has 1 amide bonds. The van der Waals surface area contributed by atoms with Crippen LogP contribution >= 0.6 is 11.3 Å². The van der Waals surface area contributed by atoms with Gasteiger partial charge in [0.25, 0.3) is 0 Å². The SMILES string of the molecule is O=C(CCc1ccco1)NCc1cn2ccsc2n1. The fourth-order valence-electron chi connectivity index (χ4n) is 1.83. The zero-order chi connectivity index (χ0) is 13.1. The molecule has 0 saturated heterocycles. The summed E-state index contributed by atoms with van der Waals surface area (Å²) in [5.41, 5.74) is 0.873. The number of rotatable bonds is 5. The fraction of sp³-hybridized carbons (Fsp3) is 0.231. The molecule has 0 atom stereocenters. The first kappa shape index (κ1) is 12.0. The van der Waals surface area contributed by atoms with E-state index in [9.17, 15) is 4.79 Å². The Morgan fingerprint density at radius 2 is 2.47 bits per heavy atom. The zero-order valence-electron chi connectivity index (χ0n) is 10.2. The van der Waals surface area contributed by atoms with Gasteiger partial charge in [-0.15, -0.1) is 11.3 Å². The van der Waals surface area contributed by atoms with Gasteiger partial charge in [0.05, 0.1) is 18.5 Å². The van der Waals surface area contributed by atoms with Gasteiger partial charge in [0, 0.05) is 30.6 Å². The van der Waals surface area contributed by atoms with Crippen molar-refractivity contribution in [1.82, 2.24) is 14.7 Å². The molecule has 0 bridgehead atoms. The molecule has 3 aromatic heterocycles. The molecule has 98 valence electrons. The number of carbonyl (C=O) groups excluding carboxylic acids is 1. The number of hydrogen-bond donors (Lipinski definition) is 1. The highest BCUT2D eigenvalue weighted by atomic mass is 32.1. The van der Waals surface area contributed by atoms with Gasteiger partial charge in [0.2, 0.25) is 5.91 Å². The number of carbonyl (C=O) groups is 1. The predicted octanol–water partition coefficient (Wildman–Crippen LogP) is 2.24. The number of imidazole rings is 1. The summed E-state index contributed by atoms with van der Waals surface area (Å²) in [4.78, 5) is 17.0. The van der Waals surface area contributed by atoms with Crippen molar-refractivity contribution in [2.75, 3.05) is 0 Å². The molecule has 3 rings (SSSR count). The topological polar surface area (TPSA) is 59.5 Å². The monoisotopic (exact) mass is 275 g/mol. The van der Waals surface area contributed by atoms with Gasteiger partial charge in [-0.25, -0.2) is 4.98 Å². The average molecular weight is 275 g/mol. The van der Waals surface area contributed by atoms with Crippen molar-refractivity contribution in [2.45, 2.75) is 19.4 Å². The van der Waals surface area contributed by atoms with Crippen molar-refractivity contribution >= 4 is 22.2 Å². The lowest BCUT2D eigenvalue weighted by molar-refractivity contribution is -0.121. The van der Waals surface area contributed by atoms with Crippen LogP contribution in [0.5, 0.6) is 0 Å². The first-order chi connectivity index (χ1) is 9.31. The number of thiazole rings is 1.